The van der Waals surface area contributed by atoms with Crippen LogP contribution < -0.4 is 20.5 Å². The van der Waals surface area contributed by atoms with E-state index in [4.69, 9.17) is 15.2 Å². The molecule has 19 heavy (non-hydrogen) atoms. The highest BCUT2D eigenvalue weighted by atomic mass is 32.2. The van der Waals surface area contributed by atoms with Gasteiger partial charge in [0.15, 0.2) is 0 Å². The maximum absolute atomic E-state index is 12.2. The fraction of sp³-hybridized carbons (Fsp3) is 0.462. The van der Waals surface area contributed by atoms with E-state index in [1.165, 1.54) is 14.2 Å². The first-order valence-electron chi connectivity index (χ1n) is 5.84. The second-order valence-electron chi connectivity index (χ2n) is 4.12. The van der Waals surface area contributed by atoms with Gasteiger partial charge in [-0.05, 0) is 19.2 Å². The number of methoxy groups -OCH3 is 2. The molecular formula is C13H20N2O3S. The second kappa shape index (κ2) is 7.13. The number of anilines is 1. The van der Waals surface area contributed by atoms with Crippen LogP contribution in [0, 0.1) is 0 Å². The molecule has 0 fully saturated rings. The minimum absolute atomic E-state index is 0.0686. The predicted octanol–water partition coefficient (Wildman–Crippen LogP) is 1.77. The first-order chi connectivity index (χ1) is 9.03. The lowest BCUT2D eigenvalue weighted by atomic mass is 10.1. The molecule has 1 aromatic rings. The van der Waals surface area contributed by atoms with Gasteiger partial charge in [-0.3, -0.25) is 4.79 Å². The summed E-state index contributed by atoms with van der Waals surface area (Å²) in [6, 6.07) is 3.33. The number of thioether (sulfide) groups is 1. The first kappa shape index (κ1) is 15.5. The summed E-state index contributed by atoms with van der Waals surface area (Å²) in [6.45, 7) is 1.95. The quantitative estimate of drug-likeness (QED) is 0.779. The van der Waals surface area contributed by atoms with Crippen molar-refractivity contribution in [3.8, 4) is 11.5 Å². The van der Waals surface area contributed by atoms with Crippen LogP contribution in [0.3, 0.4) is 0 Å². The van der Waals surface area contributed by atoms with Crippen LogP contribution in [0.1, 0.15) is 17.3 Å². The van der Waals surface area contributed by atoms with E-state index in [9.17, 15) is 4.79 Å². The van der Waals surface area contributed by atoms with E-state index < -0.39 is 0 Å². The molecule has 0 aliphatic rings. The highest BCUT2D eigenvalue weighted by Crippen LogP contribution is 2.31. The number of hydrogen-bond acceptors (Lipinski definition) is 5. The van der Waals surface area contributed by atoms with Crippen LogP contribution in [0.15, 0.2) is 12.1 Å². The summed E-state index contributed by atoms with van der Waals surface area (Å²) < 4.78 is 10.3. The molecule has 0 aliphatic heterocycles. The van der Waals surface area contributed by atoms with Crippen LogP contribution >= 0.6 is 11.8 Å². The van der Waals surface area contributed by atoms with Gasteiger partial charge >= 0.3 is 0 Å². The highest BCUT2D eigenvalue weighted by Gasteiger charge is 2.17. The summed E-state index contributed by atoms with van der Waals surface area (Å²) in [7, 11) is 3.03. The number of rotatable bonds is 6. The van der Waals surface area contributed by atoms with Gasteiger partial charge in [-0.15, -0.1) is 0 Å². The van der Waals surface area contributed by atoms with Crippen LogP contribution in [-0.4, -0.2) is 38.2 Å². The molecule has 0 bridgehead atoms. The number of nitrogen functional groups attached to an aromatic ring is 1. The van der Waals surface area contributed by atoms with E-state index in [2.05, 4.69) is 5.32 Å². The van der Waals surface area contributed by atoms with E-state index in [0.29, 0.717) is 22.7 Å². The van der Waals surface area contributed by atoms with Crippen molar-refractivity contribution in [1.29, 1.82) is 0 Å². The van der Waals surface area contributed by atoms with Crippen LogP contribution in [-0.2, 0) is 0 Å². The van der Waals surface area contributed by atoms with Gasteiger partial charge in [-0.25, -0.2) is 0 Å². The van der Waals surface area contributed by atoms with Gasteiger partial charge in [-0.2, -0.15) is 11.8 Å². The highest BCUT2D eigenvalue weighted by molar-refractivity contribution is 7.98. The number of benzene rings is 1. The van der Waals surface area contributed by atoms with E-state index in [-0.39, 0.29) is 11.9 Å². The number of hydrogen-bond donors (Lipinski definition) is 2. The van der Waals surface area contributed by atoms with Gasteiger partial charge in [0, 0.05) is 17.9 Å². The van der Waals surface area contributed by atoms with E-state index in [0.717, 1.165) is 5.75 Å². The number of carbonyl (C=O) groups excluding carboxylic acids is 1. The van der Waals surface area contributed by atoms with Gasteiger partial charge < -0.3 is 20.5 Å². The Bertz CT molecular complexity index is 452. The largest absolute Gasteiger partial charge is 0.497 e. The molecule has 0 radical (unpaired) electrons. The Kier molecular flexibility index (Phi) is 5.82. The standard InChI is InChI=1S/C13H20N2O3S/c1-8(7-19-4)15-13(16)10-5-9(17-2)6-11(18-3)12(10)14/h5-6,8H,7,14H2,1-4H3,(H,15,16). The summed E-state index contributed by atoms with van der Waals surface area (Å²) in [6.07, 6.45) is 1.99. The maximum atomic E-state index is 12.2. The predicted molar refractivity (Wildman–Crippen MR) is 79.3 cm³/mol. The van der Waals surface area contributed by atoms with Crippen molar-refractivity contribution in [2.24, 2.45) is 0 Å². The van der Waals surface area contributed by atoms with Gasteiger partial charge in [-0.1, -0.05) is 0 Å². The lowest BCUT2D eigenvalue weighted by Crippen LogP contribution is -2.34. The topological polar surface area (TPSA) is 73.6 Å². The first-order valence-corrected chi connectivity index (χ1v) is 7.24. The summed E-state index contributed by atoms with van der Waals surface area (Å²) in [5, 5.41) is 2.89. The minimum atomic E-state index is -0.226. The Morgan fingerprint density at radius 3 is 2.63 bits per heavy atom. The molecule has 1 rings (SSSR count). The zero-order valence-electron chi connectivity index (χ0n) is 11.6. The van der Waals surface area contributed by atoms with Crippen LogP contribution in [0.25, 0.3) is 0 Å². The third kappa shape index (κ3) is 3.96. The monoisotopic (exact) mass is 284 g/mol. The van der Waals surface area contributed by atoms with Gasteiger partial charge in [0.2, 0.25) is 0 Å². The third-order valence-corrected chi connectivity index (χ3v) is 3.44. The minimum Gasteiger partial charge on any atom is -0.497 e. The normalized spacial score (nSPS) is 11.8. The molecule has 6 heteroatoms. The zero-order valence-corrected chi connectivity index (χ0v) is 12.5. The molecular weight excluding hydrogens is 264 g/mol. The maximum Gasteiger partial charge on any atom is 0.253 e. The van der Waals surface area contributed by atoms with Gasteiger partial charge in [0.05, 0.1) is 25.5 Å². The average molecular weight is 284 g/mol. The van der Waals surface area contributed by atoms with Crippen molar-refractivity contribution in [3.63, 3.8) is 0 Å². The van der Waals surface area contributed by atoms with Crippen molar-refractivity contribution < 1.29 is 14.3 Å². The average Bonchev–Trinajstić information content (AvgIpc) is 2.39. The SMILES string of the molecule is COc1cc(OC)c(N)c(C(=O)NC(C)CSC)c1. The lowest BCUT2D eigenvalue weighted by molar-refractivity contribution is 0.0944. The fourth-order valence-electron chi connectivity index (χ4n) is 1.67. The van der Waals surface area contributed by atoms with E-state index in [1.807, 2.05) is 13.2 Å². The second-order valence-corrected chi connectivity index (χ2v) is 5.03. The summed E-state index contributed by atoms with van der Waals surface area (Å²) in [5.41, 5.74) is 6.60. The van der Waals surface area contributed by atoms with Crippen LogP contribution in [0.4, 0.5) is 5.69 Å². The van der Waals surface area contributed by atoms with Crippen molar-refractivity contribution in [2.75, 3.05) is 32.0 Å². The summed E-state index contributed by atoms with van der Waals surface area (Å²) >= 11 is 1.67. The molecule has 0 spiro atoms. The van der Waals surface area contributed by atoms with Crippen molar-refractivity contribution in [1.82, 2.24) is 5.32 Å². The molecule has 1 aromatic carbocycles. The van der Waals surface area contributed by atoms with E-state index in [1.54, 1.807) is 23.9 Å². The molecule has 0 aromatic heterocycles. The molecule has 1 atom stereocenters. The number of nitrogens with two attached hydrogens (primary N) is 1. The molecule has 0 saturated heterocycles. The van der Waals surface area contributed by atoms with Crippen LogP contribution in [0.2, 0.25) is 0 Å². The number of amides is 1. The Labute approximate surface area is 117 Å². The molecule has 5 nitrogen and oxygen atoms in total. The van der Waals surface area contributed by atoms with Crippen molar-refractivity contribution in [2.45, 2.75) is 13.0 Å². The molecule has 1 amide bonds. The molecule has 0 heterocycles. The zero-order chi connectivity index (χ0) is 14.4. The molecule has 0 aliphatic carbocycles. The number of carbonyl (C=O) groups is 1. The fourth-order valence-corrected chi connectivity index (χ4v) is 2.25. The van der Waals surface area contributed by atoms with Crippen LogP contribution in [0.5, 0.6) is 11.5 Å². The Balaban J connectivity index is 3.01. The molecule has 106 valence electrons. The Hall–Kier alpha value is -1.56. The molecule has 3 N–H and O–H groups in total. The summed E-state index contributed by atoms with van der Waals surface area (Å²) in [5.74, 6) is 1.58. The summed E-state index contributed by atoms with van der Waals surface area (Å²) in [4.78, 5) is 12.2. The van der Waals surface area contributed by atoms with Crippen molar-refractivity contribution >= 4 is 23.4 Å². The van der Waals surface area contributed by atoms with Gasteiger partial charge in [0.25, 0.3) is 5.91 Å². The number of nitrogens with one attached hydrogen (secondary N) is 1. The number of ether oxygens (including phenoxy) is 2. The van der Waals surface area contributed by atoms with Crippen molar-refractivity contribution in [3.05, 3.63) is 17.7 Å². The molecule has 0 saturated carbocycles. The smallest absolute Gasteiger partial charge is 0.253 e. The van der Waals surface area contributed by atoms with E-state index >= 15 is 0 Å². The molecule has 1 unspecified atom stereocenters. The Morgan fingerprint density at radius 1 is 1.42 bits per heavy atom. The lowest BCUT2D eigenvalue weighted by Gasteiger charge is -2.16. The van der Waals surface area contributed by atoms with Gasteiger partial charge in [0.1, 0.15) is 11.5 Å². The Morgan fingerprint density at radius 2 is 2.11 bits per heavy atom. The third-order valence-electron chi connectivity index (χ3n) is 2.61.